The minimum absolute atomic E-state index is 0.405. The molecule has 0 amide bonds. The Kier molecular flexibility index (Phi) is 3.38. The van der Waals surface area contributed by atoms with Gasteiger partial charge in [0.05, 0.1) is 0 Å². The number of hydrogen-bond donors (Lipinski definition) is 1. The Balaban J connectivity index is 1.44. The molecule has 4 rings (SSSR count). The number of fused-ring (bicyclic) bond motifs is 2. The van der Waals surface area contributed by atoms with Crippen LogP contribution in [0.25, 0.3) is 0 Å². The molecule has 2 bridgehead atoms. The van der Waals surface area contributed by atoms with Gasteiger partial charge in [-0.1, -0.05) is 6.42 Å². The maximum Gasteiger partial charge on any atom is 0.0308 e. The van der Waals surface area contributed by atoms with Gasteiger partial charge in [-0.15, -0.1) is 0 Å². The quantitative estimate of drug-likeness (QED) is 0.851. The van der Waals surface area contributed by atoms with Crippen molar-refractivity contribution in [3.8, 4) is 0 Å². The molecule has 4 fully saturated rings. The first-order chi connectivity index (χ1) is 9.64. The van der Waals surface area contributed by atoms with Crippen molar-refractivity contribution in [1.82, 2.24) is 10.2 Å². The number of nitrogens with zero attached hydrogens (tertiary/aromatic N) is 1. The smallest absolute Gasteiger partial charge is 0.0308 e. The van der Waals surface area contributed by atoms with E-state index in [0.717, 1.165) is 29.7 Å². The van der Waals surface area contributed by atoms with Gasteiger partial charge in [0.1, 0.15) is 0 Å². The molecule has 0 aromatic rings. The van der Waals surface area contributed by atoms with Crippen LogP contribution in [0, 0.1) is 23.7 Å². The molecule has 1 N–H and O–H groups in total. The Labute approximate surface area is 124 Å². The summed E-state index contributed by atoms with van der Waals surface area (Å²) in [7, 11) is 0. The summed E-state index contributed by atoms with van der Waals surface area (Å²) < 4.78 is 0. The van der Waals surface area contributed by atoms with Crippen molar-refractivity contribution in [2.24, 2.45) is 23.7 Å². The van der Waals surface area contributed by atoms with Crippen molar-refractivity contribution in [3.63, 3.8) is 0 Å². The van der Waals surface area contributed by atoms with Gasteiger partial charge in [-0.05, 0) is 82.6 Å². The number of hydrogen-bond acceptors (Lipinski definition) is 2. The van der Waals surface area contributed by atoms with E-state index >= 15 is 0 Å². The van der Waals surface area contributed by atoms with Gasteiger partial charge in [0.2, 0.25) is 0 Å². The molecule has 1 aliphatic heterocycles. The highest BCUT2D eigenvalue weighted by Gasteiger charge is 2.46. The van der Waals surface area contributed by atoms with Crippen molar-refractivity contribution in [3.05, 3.63) is 0 Å². The Hall–Kier alpha value is -0.0800. The molecule has 0 aromatic heterocycles. The van der Waals surface area contributed by atoms with Crippen LogP contribution in [0.2, 0.25) is 0 Å². The molecule has 20 heavy (non-hydrogen) atoms. The third-order valence-electron chi connectivity index (χ3n) is 7.08. The molecule has 3 aliphatic carbocycles. The highest BCUT2D eigenvalue weighted by atomic mass is 15.2. The van der Waals surface area contributed by atoms with Gasteiger partial charge in [-0.2, -0.15) is 0 Å². The van der Waals surface area contributed by atoms with Gasteiger partial charge in [-0.25, -0.2) is 0 Å². The van der Waals surface area contributed by atoms with E-state index in [1.807, 2.05) is 0 Å². The summed E-state index contributed by atoms with van der Waals surface area (Å²) in [5, 5.41) is 3.90. The lowest BCUT2D eigenvalue weighted by molar-refractivity contribution is 0.121. The Bertz CT molecular complexity index is 364. The summed E-state index contributed by atoms with van der Waals surface area (Å²) in [6.07, 6.45) is 10.4. The Morgan fingerprint density at radius 1 is 1.10 bits per heavy atom. The zero-order valence-corrected chi connectivity index (χ0v) is 13.4. The van der Waals surface area contributed by atoms with E-state index in [4.69, 9.17) is 0 Å². The van der Waals surface area contributed by atoms with Crippen molar-refractivity contribution < 1.29 is 0 Å². The van der Waals surface area contributed by atoms with E-state index in [1.54, 1.807) is 12.8 Å². The molecule has 0 radical (unpaired) electrons. The molecule has 3 saturated carbocycles. The van der Waals surface area contributed by atoms with E-state index in [2.05, 4.69) is 24.1 Å². The normalized spacial score (nSPS) is 49.5. The van der Waals surface area contributed by atoms with Crippen LogP contribution >= 0.6 is 0 Å². The summed E-state index contributed by atoms with van der Waals surface area (Å²) in [5.41, 5.74) is 0.405. The molecule has 2 nitrogen and oxygen atoms in total. The topological polar surface area (TPSA) is 15.3 Å². The zero-order valence-electron chi connectivity index (χ0n) is 13.4. The molecular weight excluding hydrogens is 244 g/mol. The predicted molar refractivity (Wildman–Crippen MR) is 83.7 cm³/mol. The monoisotopic (exact) mass is 276 g/mol. The van der Waals surface area contributed by atoms with E-state index < -0.39 is 0 Å². The van der Waals surface area contributed by atoms with E-state index in [0.29, 0.717) is 5.54 Å². The number of nitrogens with one attached hydrogen (secondary N) is 1. The lowest BCUT2D eigenvalue weighted by Crippen LogP contribution is -2.52. The van der Waals surface area contributed by atoms with E-state index in [9.17, 15) is 0 Å². The minimum atomic E-state index is 0.405. The first kappa shape index (κ1) is 13.6. The average molecular weight is 276 g/mol. The van der Waals surface area contributed by atoms with Crippen LogP contribution < -0.4 is 5.32 Å². The highest BCUT2D eigenvalue weighted by Crippen LogP contribution is 2.49. The van der Waals surface area contributed by atoms with Gasteiger partial charge in [0.25, 0.3) is 0 Å². The van der Waals surface area contributed by atoms with Gasteiger partial charge in [0.15, 0.2) is 0 Å². The van der Waals surface area contributed by atoms with Crippen LogP contribution in [0.4, 0.5) is 0 Å². The second-order valence-corrected chi connectivity index (χ2v) is 8.62. The molecule has 5 unspecified atom stereocenters. The molecule has 0 aromatic carbocycles. The van der Waals surface area contributed by atoms with Crippen LogP contribution in [-0.4, -0.2) is 36.1 Å². The maximum atomic E-state index is 3.90. The van der Waals surface area contributed by atoms with Gasteiger partial charge in [0, 0.05) is 24.7 Å². The second kappa shape index (κ2) is 4.98. The zero-order chi connectivity index (χ0) is 13.7. The van der Waals surface area contributed by atoms with Crippen LogP contribution in [-0.2, 0) is 0 Å². The van der Waals surface area contributed by atoms with Crippen molar-refractivity contribution >= 4 is 0 Å². The second-order valence-electron chi connectivity index (χ2n) is 8.62. The number of rotatable bonds is 3. The summed E-state index contributed by atoms with van der Waals surface area (Å²) in [5.74, 6) is 4.16. The van der Waals surface area contributed by atoms with Crippen LogP contribution in [0.1, 0.15) is 58.8 Å². The largest absolute Gasteiger partial charge is 0.310 e. The molecule has 1 heterocycles. The fraction of sp³-hybridized carbons (Fsp3) is 1.00. The molecule has 0 spiro atoms. The van der Waals surface area contributed by atoms with E-state index in [-0.39, 0.29) is 0 Å². The Morgan fingerprint density at radius 2 is 1.95 bits per heavy atom. The SMILES string of the molecule is CC1CCNC(C)(C2CC2)CN1CC1CC2CCC1C2. The van der Waals surface area contributed by atoms with Crippen LogP contribution in [0.5, 0.6) is 0 Å². The summed E-state index contributed by atoms with van der Waals surface area (Å²) in [4.78, 5) is 2.86. The summed E-state index contributed by atoms with van der Waals surface area (Å²) in [6, 6.07) is 0.780. The highest BCUT2D eigenvalue weighted by molar-refractivity contribution is 5.02. The molecule has 5 atom stereocenters. The molecule has 4 aliphatic rings. The fourth-order valence-electron chi connectivity index (χ4n) is 5.52. The van der Waals surface area contributed by atoms with Crippen molar-refractivity contribution in [1.29, 1.82) is 0 Å². The van der Waals surface area contributed by atoms with Gasteiger partial charge >= 0.3 is 0 Å². The molecule has 1 saturated heterocycles. The molecule has 2 heteroatoms. The molecule has 114 valence electrons. The van der Waals surface area contributed by atoms with E-state index in [1.165, 1.54) is 51.7 Å². The van der Waals surface area contributed by atoms with Crippen LogP contribution in [0.3, 0.4) is 0 Å². The van der Waals surface area contributed by atoms with Gasteiger partial charge in [-0.3, -0.25) is 4.90 Å². The fourth-order valence-corrected chi connectivity index (χ4v) is 5.52. The predicted octanol–water partition coefficient (Wildman–Crippen LogP) is 3.28. The third-order valence-corrected chi connectivity index (χ3v) is 7.08. The first-order valence-electron chi connectivity index (χ1n) is 9.13. The minimum Gasteiger partial charge on any atom is -0.310 e. The lowest BCUT2D eigenvalue weighted by Gasteiger charge is -2.38. The Morgan fingerprint density at radius 3 is 2.60 bits per heavy atom. The average Bonchev–Trinajstić information content (AvgIpc) is 3.12. The van der Waals surface area contributed by atoms with Crippen molar-refractivity contribution in [2.45, 2.75) is 70.4 Å². The lowest BCUT2D eigenvalue weighted by atomic mass is 9.87. The first-order valence-corrected chi connectivity index (χ1v) is 9.13. The summed E-state index contributed by atoms with van der Waals surface area (Å²) in [6.45, 7) is 8.88. The molecular formula is C18H32N2. The van der Waals surface area contributed by atoms with Gasteiger partial charge < -0.3 is 5.32 Å². The standard InChI is InChI=1S/C18H32N2/c1-13-7-8-19-18(2,17-5-6-17)12-20(13)11-16-10-14-3-4-15(16)9-14/h13-17,19H,3-12H2,1-2H3. The maximum absolute atomic E-state index is 3.90. The summed E-state index contributed by atoms with van der Waals surface area (Å²) >= 11 is 0. The van der Waals surface area contributed by atoms with Crippen LogP contribution in [0.15, 0.2) is 0 Å². The third kappa shape index (κ3) is 2.43. The van der Waals surface area contributed by atoms with Crippen molar-refractivity contribution in [2.75, 3.05) is 19.6 Å².